The van der Waals surface area contributed by atoms with E-state index in [4.69, 9.17) is 4.52 Å². The summed E-state index contributed by atoms with van der Waals surface area (Å²) in [7, 11) is 0. The molecule has 1 atom stereocenters. The summed E-state index contributed by atoms with van der Waals surface area (Å²) in [5, 5.41) is 4.17. The first-order valence-electron chi connectivity index (χ1n) is 9.74. The highest BCUT2D eigenvalue weighted by Crippen LogP contribution is 2.33. The molecule has 0 N–H and O–H groups in total. The van der Waals surface area contributed by atoms with Gasteiger partial charge in [0.05, 0.1) is 5.92 Å². The molecular formula is C23H25N3O2. The van der Waals surface area contributed by atoms with Crippen LogP contribution in [-0.4, -0.2) is 22.6 Å². The minimum absolute atomic E-state index is 0.0800. The summed E-state index contributed by atoms with van der Waals surface area (Å²) in [4.78, 5) is 19.0. The topological polar surface area (TPSA) is 59.2 Å². The molecule has 0 bridgehead atoms. The lowest BCUT2D eigenvalue weighted by Crippen LogP contribution is -2.24. The van der Waals surface area contributed by atoms with Crippen LogP contribution in [0.15, 0.2) is 47.0 Å². The Morgan fingerprint density at radius 3 is 2.57 bits per heavy atom. The quantitative estimate of drug-likeness (QED) is 0.644. The van der Waals surface area contributed by atoms with Gasteiger partial charge >= 0.3 is 0 Å². The zero-order chi connectivity index (χ0) is 19.8. The first-order valence-corrected chi connectivity index (χ1v) is 9.74. The predicted octanol–water partition coefficient (Wildman–Crippen LogP) is 5.00. The van der Waals surface area contributed by atoms with Gasteiger partial charge < -0.3 is 9.42 Å². The number of hydrogen-bond donors (Lipinski definition) is 0. The van der Waals surface area contributed by atoms with Crippen molar-refractivity contribution in [2.75, 3.05) is 11.4 Å². The lowest BCUT2D eigenvalue weighted by molar-refractivity contribution is -0.117. The largest absolute Gasteiger partial charge is 0.339 e. The molecule has 2 heterocycles. The number of anilines is 1. The summed E-state index contributed by atoms with van der Waals surface area (Å²) in [5.74, 6) is 1.60. The molecular weight excluding hydrogens is 350 g/mol. The molecule has 1 fully saturated rings. The number of hydrogen-bond acceptors (Lipinski definition) is 4. The van der Waals surface area contributed by atoms with Gasteiger partial charge in [0.15, 0.2) is 0 Å². The van der Waals surface area contributed by atoms with Gasteiger partial charge in [0.2, 0.25) is 17.6 Å². The molecule has 1 saturated heterocycles. The number of amides is 1. The number of carbonyl (C=O) groups is 1. The minimum atomic E-state index is -0.0800. The van der Waals surface area contributed by atoms with E-state index in [0.29, 0.717) is 30.6 Å². The highest BCUT2D eigenvalue weighted by Gasteiger charge is 2.35. The zero-order valence-corrected chi connectivity index (χ0v) is 16.8. The van der Waals surface area contributed by atoms with Crippen LogP contribution in [0.25, 0.3) is 11.4 Å². The van der Waals surface area contributed by atoms with Crippen molar-refractivity contribution in [3.63, 3.8) is 0 Å². The highest BCUT2D eigenvalue weighted by atomic mass is 16.5. The second kappa shape index (κ2) is 7.23. The number of aryl methyl sites for hydroxylation is 2. The average molecular weight is 375 g/mol. The molecule has 4 rings (SSSR count). The molecule has 28 heavy (non-hydrogen) atoms. The SMILES string of the molecule is Cc1ccc(C)c(-c2noc(C3CC(=O)N(c4ccc(C(C)C)cc4)C3)n2)c1. The lowest BCUT2D eigenvalue weighted by atomic mass is 10.0. The van der Waals surface area contributed by atoms with Crippen molar-refractivity contribution in [3.05, 3.63) is 65.0 Å². The van der Waals surface area contributed by atoms with E-state index >= 15 is 0 Å². The molecule has 5 nitrogen and oxygen atoms in total. The molecule has 2 aromatic carbocycles. The van der Waals surface area contributed by atoms with Crippen LogP contribution in [0.1, 0.15) is 54.7 Å². The number of benzene rings is 2. The van der Waals surface area contributed by atoms with Gasteiger partial charge in [-0.3, -0.25) is 4.79 Å². The van der Waals surface area contributed by atoms with E-state index in [2.05, 4.69) is 54.3 Å². The maximum absolute atomic E-state index is 12.6. The molecule has 144 valence electrons. The second-order valence-corrected chi connectivity index (χ2v) is 7.93. The Labute approximate surface area is 165 Å². The molecule has 0 radical (unpaired) electrons. The molecule has 0 aliphatic carbocycles. The van der Waals surface area contributed by atoms with Gasteiger partial charge in [0, 0.05) is 24.2 Å². The summed E-state index contributed by atoms with van der Waals surface area (Å²) in [6.07, 6.45) is 0.389. The predicted molar refractivity (Wildman–Crippen MR) is 109 cm³/mol. The van der Waals surface area contributed by atoms with E-state index in [1.807, 2.05) is 30.9 Å². The standard InChI is InChI=1S/C23H25N3O2/c1-14(2)17-7-9-19(10-8-17)26-13-18(12-21(26)27)23-24-22(25-28-23)20-11-15(3)5-6-16(20)4/h5-11,14,18H,12-13H2,1-4H3. The van der Waals surface area contributed by atoms with Crippen LogP contribution in [0.4, 0.5) is 5.69 Å². The first-order chi connectivity index (χ1) is 13.4. The van der Waals surface area contributed by atoms with E-state index < -0.39 is 0 Å². The van der Waals surface area contributed by atoms with Crippen molar-refractivity contribution in [2.24, 2.45) is 0 Å². The summed E-state index contributed by atoms with van der Waals surface area (Å²) < 4.78 is 5.54. The Morgan fingerprint density at radius 2 is 1.86 bits per heavy atom. The maximum Gasteiger partial charge on any atom is 0.232 e. The number of nitrogens with zero attached hydrogens (tertiary/aromatic N) is 3. The van der Waals surface area contributed by atoms with E-state index in [9.17, 15) is 4.79 Å². The molecule has 3 aromatic rings. The van der Waals surface area contributed by atoms with Gasteiger partial charge in [-0.15, -0.1) is 0 Å². The number of rotatable bonds is 4. The van der Waals surface area contributed by atoms with Gasteiger partial charge in [-0.2, -0.15) is 4.98 Å². The molecule has 1 aliphatic rings. The van der Waals surface area contributed by atoms with E-state index in [1.165, 1.54) is 5.56 Å². The highest BCUT2D eigenvalue weighted by molar-refractivity contribution is 5.96. The van der Waals surface area contributed by atoms with Gasteiger partial charge in [-0.25, -0.2) is 0 Å². The van der Waals surface area contributed by atoms with E-state index in [1.54, 1.807) is 0 Å². The van der Waals surface area contributed by atoms with Crippen LogP contribution in [0, 0.1) is 13.8 Å². The summed E-state index contributed by atoms with van der Waals surface area (Å²) in [6, 6.07) is 14.4. The Balaban J connectivity index is 1.54. The fourth-order valence-corrected chi connectivity index (χ4v) is 3.65. The Morgan fingerprint density at radius 1 is 1.11 bits per heavy atom. The van der Waals surface area contributed by atoms with Crippen molar-refractivity contribution in [1.29, 1.82) is 0 Å². The summed E-state index contributed by atoms with van der Waals surface area (Å²) >= 11 is 0. The fraction of sp³-hybridized carbons (Fsp3) is 0.348. The Kier molecular flexibility index (Phi) is 4.75. The summed E-state index contributed by atoms with van der Waals surface area (Å²) in [5.41, 5.74) is 5.42. The van der Waals surface area contributed by atoms with Gasteiger partial charge in [0.1, 0.15) is 0 Å². The molecule has 1 amide bonds. The van der Waals surface area contributed by atoms with Crippen molar-refractivity contribution < 1.29 is 9.32 Å². The third-order valence-electron chi connectivity index (χ3n) is 5.42. The summed E-state index contributed by atoms with van der Waals surface area (Å²) in [6.45, 7) is 8.97. The minimum Gasteiger partial charge on any atom is -0.339 e. The third-order valence-corrected chi connectivity index (χ3v) is 5.42. The van der Waals surface area contributed by atoms with E-state index in [-0.39, 0.29) is 11.8 Å². The normalized spacial score (nSPS) is 17.0. The van der Waals surface area contributed by atoms with Crippen LogP contribution in [0.5, 0.6) is 0 Å². The molecule has 0 saturated carbocycles. The van der Waals surface area contributed by atoms with Gasteiger partial charge in [-0.1, -0.05) is 48.8 Å². The molecule has 1 unspecified atom stereocenters. The Hall–Kier alpha value is -2.95. The van der Waals surface area contributed by atoms with E-state index in [0.717, 1.165) is 22.4 Å². The Bertz CT molecular complexity index is 1000. The smallest absolute Gasteiger partial charge is 0.232 e. The maximum atomic E-state index is 12.6. The van der Waals surface area contributed by atoms with Crippen molar-refractivity contribution in [1.82, 2.24) is 10.1 Å². The van der Waals surface area contributed by atoms with Crippen LogP contribution >= 0.6 is 0 Å². The second-order valence-electron chi connectivity index (χ2n) is 7.93. The lowest BCUT2D eigenvalue weighted by Gasteiger charge is -2.17. The first kappa shape index (κ1) is 18.4. The van der Waals surface area contributed by atoms with Crippen molar-refractivity contribution in [2.45, 2.75) is 46.0 Å². The number of carbonyl (C=O) groups excluding carboxylic acids is 1. The third kappa shape index (κ3) is 3.44. The molecule has 5 heteroatoms. The van der Waals surface area contributed by atoms with Gasteiger partial charge in [-0.05, 0) is 49.1 Å². The monoisotopic (exact) mass is 375 g/mol. The fourth-order valence-electron chi connectivity index (χ4n) is 3.65. The van der Waals surface area contributed by atoms with Crippen LogP contribution in [0.3, 0.4) is 0 Å². The molecule has 1 aromatic heterocycles. The van der Waals surface area contributed by atoms with Crippen LogP contribution < -0.4 is 4.90 Å². The van der Waals surface area contributed by atoms with Gasteiger partial charge in [0.25, 0.3) is 0 Å². The number of aromatic nitrogens is 2. The molecule has 0 spiro atoms. The zero-order valence-electron chi connectivity index (χ0n) is 16.8. The van der Waals surface area contributed by atoms with Crippen molar-refractivity contribution >= 4 is 11.6 Å². The van der Waals surface area contributed by atoms with Crippen LogP contribution in [0.2, 0.25) is 0 Å². The average Bonchev–Trinajstić information content (AvgIpc) is 3.30. The molecule has 1 aliphatic heterocycles. The van der Waals surface area contributed by atoms with Crippen molar-refractivity contribution in [3.8, 4) is 11.4 Å². The van der Waals surface area contributed by atoms with Crippen LogP contribution in [-0.2, 0) is 4.79 Å².